The molecule has 1 aliphatic rings. The number of guanidine groups is 1. The van der Waals surface area contributed by atoms with Crippen molar-refractivity contribution < 1.29 is 9.53 Å². The first-order valence-corrected chi connectivity index (χ1v) is 10.5. The molecular formula is C21H28N4O2S. The van der Waals surface area contributed by atoms with Gasteiger partial charge in [0.1, 0.15) is 6.10 Å². The van der Waals surface area contributed by atoms with Crippen molar-refractivity contribution in [3.05, 3.63) is 51.7 Å². The fraction of sp³-hybridized carbons (Fsp3) is 0.429. The van der Waals surface area contributed by atoms with Crippen molar-refractivity contribution in [3.8, 4) is 0 Å². The van der Waals surface area contributed by atoms with Crippen molar-refractivity contribution in [1.82, 2.24) is 10.6 Å². The molecule has 1 fully saturated rings. The molecule has 1 aliphatic heterocycles. The Bertz CT molecular complexity index is 812. The summed E-state index contributed by atoms with van der Waals surface area (Å²) >= 11 is 1.78. The number of anilines is 1. The second-order valence-corrected chi connectivity index (χ2v) is 8.12. The molecule has 2 aromatic rings. The number of aryl methyl sites for hydroxylation is 1. The fourth-order valence-electron chi connectivity index (χ4n) is 3.02. The second-order valence-electron chi connectivity index (χ2n) is 6.75. The minimum atomic E-state index is -0.327. The van der Waals surface area contributed by atoms with Gasteiger partial charge in [-0.25, -0.2) is 4.99 Å². The lowest BCUT2D eigenvalue weighted by Crippen LogP contribution is -2.36. The Kier molecular flexibility index (Phi) is 7.45. The second kappa shape index (κ2) is 10.2. The molecule has 1 unspecified atom stereocenters. The maximum Gasteiger partial charge on any atom is 0.253 e. The average molecular weight is 401 g/mol. The quantitative estimate of drug-likeness (QED) is 0.492. The average Bonchev–Trinajstić information content (AvgIpc) is 3.36. The number of thiophene rings is 1. The molecule has 2 heterocycles. The lowest BCUT2D eigenvalue weighted by molar-refractivity contribution is -0.124. The van der Waals surface area contributed by atoms with Crippen LogP contribution in [0.25, 0.3) is 0 Å². The van der Waals surface area contributed by atoms with Gasteiger partial charge >= 0.3 is 0 Å². The molecule has 0 aliphatic carbocycles. The van der Waals surface area contributed by atoms with E-state index in [1.807, 2.05) is 31.2 Å². The smallest absolute Gasteiger partial charge is 0.253 e. The summed E-state index contributed by atoms with van der Waals surface area (Å²) in [6.07, 6.45) is 1.40. The van der Waals surface area contributed by atoms with E-state index in [0.717, 1.165) is 43.1 Å². The number of ether oxygens (including phenoxy) is 1. The number of hydrogen-bond acceptors (Lipinski definition) is 4. The Balaban J connectivity index is 1.57. The molecule has 1 aromatic heterocycles. The number of hydrogen-bond donors (Lipinski definition) is 3. The van der Waals surface area contributed by atoms with Crippen molar-refractivity contribution in [3.63, 3.8) is 0 Å². The molecule has 0 radical (unpaired) electrons. The molecule has 1 atom stereocenters. The van der Waals surface area contributed by atoms with Gasteiger partial charge in [0.25, 0.3) is 5.91 Å². The Morgan fingerprint density at radius 1 is 1.29 bits per heavy atom. The van der Waals surface area contributed by atoms with Crippen molar-refractivity contribution in [1.29, 1.82) is 0 Å². The highest BCUT2D eigenvalue weighted by Crippen LogP contribution is 2.17. The lowest BCUT2D eigenvalue weighted by atomic mass is 10.2. The van der Waals surface area contributed by atoms with Crippen LogP contribution in [0.1, 0.15) is 35.1 Å². The summed E-state index contributed by atoms with van der Waals surface area (Å²) in [7, 11) is 0. The molecule has 1 aromatic carbocycles. The molecule has 150 valence electrons. The van der Waals surface area contributed by atoms with Gasteiger partial charge in [-0.15, -0.1) is 11.3 Å². The summed E-state index contributed by atoms with van der Waals surface area (Å²) in [5, 5.41) is 9.58. The number of carbonyl (C=O) groups is 1. The SMILES string of the molecule is CCNC(=NCc1cccc(NC(=O)C2CCCO2)c1)NCc1ccc(C)s1. The molecule has 1 saturated heterocycles. The Morgan fingerprint density at radius 3 is 2.89 bits per heavy atom. The number of nitrogens with zero attached hydrogens (tertiary/aromatic N) is 1. The van der Waals surface area contributed by atoms with E-state index >= 15 is 0 Å². The summed E-state index contributed by atoms with van der Waals surface area (Å²) in [5.41, 5.74) is 1.81. The number of aliphatic imine (C=N–C) groups is 1. The molecule has 0 bridgehead atoms. The normalized spacial score (nSPS) is 16.8. The van der Waals surface area contributed by atoms with Gasteiger partial charge in [0.05, 0.1) is 13.1 Å². The molecule has 3 N–H and O–H groups in total. The minimum absolute atomic E-state index is 0.0700. The molecule has 0 spiro atoms. The molecule has 7 heteroatoms. The molecule has 28 heavy (non-hydrogen) atoms. The highest BCUT2D eigenvalue weighted by atomic mass is 32.1. The molecule has 0 saturated carbocycles. The van der Waals surface area contributed by atoms with Crippen molar-refractivity contribution in [2.75, 3.05) is 18.5 Å². The molecule has 3 rings (SSSR count). The van der Waals surface area contributed by atoms with Gasteiger partial charge in [0.2, 0.25) is 0 Å². The minimum Gasteiger partial charge on any atom is -0.368 e. The van der Waals surface area contributed by atoms with Crippen LogP contribution in [0.2, 0.25) is 0 Å². The zero-order chi connectivity index (χ0) is 19.8. The third kappa shape index (κ3) is 6.07. The predicted molar refractivity (Wildman–Crippen MR) is 115 cm³/mol. The van der Waals surface area contributed by atoms with Crippen LogP contribution < -0.4 is 16.0 Å². The Morgan fingerprint density at radius 2 is 2.18 bits per heavy atom. The van der Waals surface area contributed by atoms with Gasteiger partial charge < -0.3 is 20.7 Å². The summed E-state index contributed by atoms with van der Waals surface area (Å²) in [6, 6.07) is 12.1. The number of carbonyl (C=O) groups excluding carboxylic acids is 1. The van der Waals surface area contributed by atoms with Crippen LogP contribution in [0.5, 0.6) is 0 Å². The lowest BCUT2D eigenvalue weighted by Gasteiger charge is -2.12. The topological polar surface area (TPSA) is 74.8 Å². The summed E-state index contributed by atoms with van der Waals surface area (Å²) in [4.78, 5) is 19.5. The first-order chi connectivity index (χ1) is 13.6. The van der Waals surface area contributed by atoms with Gasteiger partial charge in [-0.2, -0.15) is 0 Å². The third-order valence-electron chi connectivity index (χ3n) is 4.41. The van der Waals surface area contributed by atoms with E-state index in [9.17, 15) is 4.79 Å². The largest absolute Gasteiger partial charge is 0.368 e. The van der Waals surface area contributed by atoms with Gasteiger partial charge in [-0.05, 0) is 56.5 Å². The molecule has 6 nitrogen and oxygen atoms in total. The fourth-order valence-corrected chi connectivity index (χ4v) is 3.85. The van der Waals surface area contributed by atoms with E-state index in [4.69, 9.17) is 4.74 Å². The van der Waals surface area contributed by atoms with Gasteiger partial charge in [0, 0.05) is 28.6 Å². The number of benzene rings is 1. The monoisotopic (exact) mass is 400 g/mol. The maximum atomic E-state index is 12.2. The van der Waals surface area contributed by atoms with Crippen LogP contribution in [-0.4, -0.2) is 31.1 Å². The van der Waals surface area contributed by atoms with E-state index in [0.29, 0.717) is 13.2 Å². The summed E-state index contributed by atoms with van der Waals surface area (Å²) < 4.78 is 5.44. The van der Waals surface area contributed by atoms with E-state index in [-0.39, 0.29) is 12.0 Å². The van der Waals surface area contributed by atoms with E-state index in [2.05, 4.69) is 40.0 Å². The standard InChI is InChI=1S/C21H28N4O2S/c1-3-22-21(24-14-18-10-9-15(2)28-18)23-13-16-6-4-7-17(12-16)25-20(26)19-8-5-11-27-19/h4,6-7,9-10,12,19H,3,5,8,11,13-14H2,1-2H3,(H,25,26)(H2,22,23,24). The van der Waals surface area contributed by atoms with Crippen LogP contribution in [0.15, 0.2) is 41.4 Å². The zero-order valence-electron chi connectivity index (χ0n) is 16.5. The van der Waals surface area contributed by atoms with Crippen molar-refractivity contribution >= 4 is 28.9 Å². The number of amides is 1. The summed E-state index contributed by atoms with van der Waals surface area (Å²) in [6.45, 7) is 6.90. The Labute approximate surface area is 170 Å². The number of nitrogens with one attached hydrogen (secondary N) is 3. The predicted octanol–water partition coefficient (Wildman–Crippen LogP) is 3.43. The first-order valence-electron chi connectivity index (χ1n) is 9.73. The van der Waals surface area contributed by atoms with Crippen molar-refractivity contribution in [2.24, 2.45) is 4.99 Å². The Hall–Kier alpha value is -2.38. The van der Waals surface area contributed by atoms with Gasteiger partial charge in [-0.3, -0.25) is 4.79 Å². The van der Waals surface area contributed by atoms with Crippen molar-refractivity contribution in [2.45, 2.75) is 45.9 Å². The van der Waals surface area contributed by atoms with E-state index in [1.54, 1.807) is 11.3 Å². The van der Waals surface area contributed by atoms with E-state index in [1.165, 1.54) is 9.75 Å². The van der Waals surface area contributed by atoms with Crippen LogP contribution in [-0.2, 0) is 22.6 Å². The summed E-state index contributed by atoms with van der Waals surface area (Å²) in [5.74, 6) is 0.710. The van der Waals surface area contributed by atoms with Gasteiger partial charge in [-0.1, -0.05) is 12.1 Å². The third-order valence-corrected chi connectivity index (χ3v) is 5.41. The van der Waals surface area contributed by atoms with Crippen LogP contribution in [0.4, 0.5) is 5.69 Å². The van der Waals surface area contributed by atoms with Crippen LogP contribution >= 0.6 is 11.3 Å². The highest BCUT2D eigenvalue weighted by Gasteiger charge is 2.23. The van der Waals surface area contributed by atoms with Crippen LogP contribution in [0.3, 0.4) is 0 Å². The van der Waals surface area contributed by atoms with Crippen LogP contribution in [0, 0.1) is 6.92 Å². The number of rotatable bonds is 7. The zero-order valence-corrected chi connectivity index (χ0v) is 17.3. The molecular weight excluding hydrogens is 372 g/mol. The maximum absolute atomic E-state index is 12.2. The van der Waals surface area contributed by atoms with E-state index < -0.39 is 0 Å². The molecule has 1 amide bonds. The highest BCUT2D eigenvalue weighted by molar-refractivity contribution is 7.11. The van der Waals surface area contributed by atoms with Gasteiger partial charge in [0.15, 0.2) is 5.96 Å². The first kappa shape index (κ1) is 20.4.